The van der Waals surface area contributed by atoms with Gasteiger partial charge in [-0.1, -0.05) is 48.0 Å². The highest BCUT2D eigenvalue weighted by Crippen LogP contribution is 2.36. The van der Waals surface area contributed by atoms with Crippen molar-refractivity contribution in [2.24, 2.45) is 5.41 Å². The number of carbonyl (C=O) groups excluding carboxylic acids is 1. The first-order valence-corrected chi connectivity index (χ1v) is 8.39. The smallest absolute Gasteiger partial charge is 0.165 e. The summed E-state index contributed by atoms with van der Waals surface area (Å²) in [5, 5.41) is 0. The van der Waals surface area contributed by atoms with Crippen LogP contribution < -0.4 is 0 Å². The van der Waals surface area contributed by atoms with Gasteiger partial charge in [0.1, 0.15) is 0 Å². The van der Waals surface area contributed by atoms with Crippen molar-refractivity contribution in [1.82, 2.24) is 4.90 Å². The molecule has 0 unspecified atom stereocenters. The zero-order valence-corrected chi connectivity index (χ0v) is 14.1. The van der Waals surface area contributed by atoms with Crippen molar-refractivity contribution >= 4 is 21.7 Å². The maximum Gasteiger partial charge on any atom is 0.165 e. The average molecular weight is 338 g/mol. The number of carbonyl (C=O) groups is 1. The van der Waals surface area contributed by atoms with Gasteiger partial charge in [-0.2, -0.15) is 0 Å². The second kappa shape index (κ2) is 6.86. The minimum atomic E-state index is 0.239. The van der Waals surface area contributed by atoms with E-state index in [1.165, 1.54) is 19.3 Å². The number of rotatable bonds is 6. The van der Waals surface area contributed by atoms with Crippen molar-refractivity contribution < 1.29 is 4.79 Å². The van der Waals surface area contributed by atoms with Crippen LogP contribution in [0.3, 0.4) is 0 Å². The number of nitrogens with zero attached hydrogens (tertiary/aromatic N) is 1. The number of Topliss-reactive ketones (excluding diaryl/α,β-unsaturated/α-hetero) is 1. The number of likely N-dealkylation sites (tertiary alicyclic amines) is 1. The van der Waals surface area contributed by atoms with Crippen LogP contribution in [0.4, 0.5) is 0 Å². The molecule has 0 radical (unpaired) electrons. The van der Waals surface area contributed by atoms with E-state index in [2.05, 4.69) is 34.7 Å². The Bertz CT molecular complexity index is 468. The van der Waals surface area contributed by atoms with E-state index in [-0.39, 0.29) is 5.78 Å². The minimum absolute atomic E-state index is 0.239. The number of halogens is 1. The molecule has 1 heterocycles. The first-order valence-electron chi connectivity index (χ1n) is 7.60. The van der Waals surface area contributed by atoms with Gasteiger partial charge in [0.15, 0.2) is 5.78 Å². The highest BCUT2D eigenvalue weighted by molar-refractivity contribution is 9.10. The molecule has 2 nitrogen and oxygen atoms in total. The molecule has 1 fully saturated rings. The molecule has 1 aliphatic rings. The van der Waals surface area contributed by atoms with Gasteiger partial charge < -0.3 is 4.90 Å². The topological polar surface area (TPSA) is 20.3 Å². The maximum absolute atomic E-state index is 12.3. The van der Waals surface area contributed by atoms with Crippen LogP contribution in [0.1, 0.15) is 49.9 Å². The molecule has 1 aromatic rings. The summed E-state index contributed by atoms with van der Waals surface area (Å²) in [4.78, 5) is 14.7. The van der Waals surface area contributed by atoms with Crippen LogP contribution in [-0.4, -0.2) is 30.3 Å². The fourth-order valence-electron chi connectivity index (χ4n) is 3.13. The van der Waals surface area contributed by atoms with E-state index in [9.17, 15) is 4.79 Å². The van der Waals surface area contributed by atoms with Crippen molar-refractivity contribution in [3.8, 4) is 0 Å². The molecule has 110 valence electrons. The highest BCUT2D eigenvalue weighted by Gasteiger charge is 2.34. The van der Waals surface area contributed by atoms with Crippen molar-refractivity contribution in [2.45, 2.75) is 39.5 Å². The molecular formula is C17H24BrNO. The molecule has 1 saturated heterocycles. The molecule has 0 atom stereocenters. The molecule has 0 N–H and O–H groups in total. The SMILES string of the molecule is CCC1(CC)CCN(CCC(=O)c2ccccc2Br)C1. The highest BCUT2D eigenvalue weighted by atomic mass is 79.9. The van der Waals surface area contributed by atoms with Gasteiger partial charge in [-0.05, 0) is 37.3 Å². The Hall–Kier alpha value is -0.670. The molecule has 3 heteroatoms. The monoisotopic (exact) mass is 337 g/mol. The predicted molar refractivity (Wildman–Crippen MR) is 87.2 cm³/mol. The second-order valence-corrected chi connectivity index (χ2v) is 6.74. The lowest BCUT2D eigenvalue weighted by Gasteiger charge is -2.26. The van der Waals surface area contributed by atoms with Crippen molar-refractivity contribution in [1.29, 1.82) is 0 Å². The summed E-state index contributed by atoms with van der Waals surface area (Å²) in [5.41, 5.74) is 1.31. The van der Waals surface area contributed by atoms with Crippen LogP contribution in [-0.2, 0) is 0 Å². The molecule has 2 rings (SSSR count). The van der Waals surface area contributed by atoms with Gasteiger partial charge in [-0.15, -0.1) is 0 Å². The Morgan fingerprint density at radius 2 is 2.00 bits per heavy atom. The number of hydrogen-bond donors (Lipinski definition) is 0. The molecule has 20 heavy (non-hydrogen) atoms. The van der Waals surface area contributed by atoms with Crippen LogP contribution in [0.5, 0.6) is 0 Å². The second-order valence-electron chi connectivity index (χ2n) is 5.89. The summed E-state index contributed by atoms with van der Waals surface area (Å²) in [6.45, 7) is 7.77. The number of ketones is 1. The Balaban J connectivity index is 1.88. The maximum atomic E-state index is 12.3. The van der Waals surface area contributed by atoms with Crippen LogP contribution in [0.15, 0.2) is 28.7 Å². The van der Waals surface area contributed by atoms with Gasteiger partial charge in [-0.3, -0.25) is 4.79 Å². The number of hydrogen-bond acceptors (Lipinski definition) is 2. The molecule has 0 aromatic heterocycles. The summed E-state index contributed by atoms with van der Waals surface area (Å²) in [7, 11) is 0. The number of benzene rings is 1. The first kappa shape index (κ1) is 15.7. The normalized spacial score (nSPS) is 18.4. The molecule has 0 bridgehead atoms. The van der Waals surface area contributed by atoms with E-state index in [0.29, 0.717) is 11.8 Å². The molecule has 0 spiro atoms. The van der Waals surface area contributed by atoms with E-state index < -0.39 is 0 Å². The van der Waals surface area contributed by atoms with Crippen LogP contribution in [0.25, 0.3) is 0 Å². The lowest BCUT2D eigenvalue weighted by atomic mass is 9.82. The lowest BCUT2D eigenvalue weighted by molar-refractivity contribution is 0.0965. The summed E-state index contributed by atoms with van der Waals surface area (Å²) >= 11 is 3.46. The minimum Gasteiger partial charge on any atom is -0.302 e. The zero-order valence-electron chi connectivity index (χ0n) is 12.5. The van der Waals surface area contributed by atoms with E-state index in [4.69, 9.17) is 0 Å². The van der Waals surface area contributed by atoms with Gasteiger partial charge in [0.05, 0.1) is 0 Å². The molecule has 0 aliphatic carbocycles. The Kier molecular flexibility index (Phi) is 5.39. The quantitative estimate of drug-likeness (QED) is 0.710. The average Bonchev–Trinajstić information content (AvgIpc) is 2.89. The molecule has 0 saturated carbocycles. The molecular weight excluding hydrogens is 314 g/mol. The summed E-state index contributed by atoms with van der Waals surface area (Å²) in [6, 6.07) is 7.70. The van der Waals surface area contributed by atoms with E-state index in [0.717, 1.165) is 29.7 Å². The first-order chi connectivity index (χ1) is 9.60. The Morgan fingerprint density at radius 3 is 2.60 bits per heavy atom. The Labute approximate surface area is 130 Å². The third-order valence-electron chi connectivity index (χ3n) is 4.85. The fraction of sp³-hybridized carbons (Fsp3) is 0.588. The Morgan fingerprint density at radius 1 is 1.30 bits per heavy atom. The van der Waals surface area contributed by atoms with Crippen LogP contribution in [0, 0.1) is 5.41 Å². The zero-order chi connectivity index (χ0) is 14.6. The molecule has 1 aliphatic heterocycles. The van der Waals surface area contributed by atoms with Gasteiger partial charge in [0.25, 0.3) is 0 Å². The summed E-state index contributed by atoms with van der Waals surface area (Å²) < 4.78 is 0.905. The summed E-state index contributed by atoms with van der Waals surface area (Å²) in [5.74, 6) is 0.239. The van der Waals surface area contributed by atoms with Gasteiger partial charge in [-0.25, -0.2) is 0 Å². The fourth-order valence-corrected chi connectivity index (χ4v) is 3.63. The molecule has 0 amide bonds. The third kappa shape index (κ3) is 3.50. The predicted octanol–water partition coefficient (Wildman–Crippen LogP) is 4.53. The lowest BCUT2D eigenvalue weighted by Crippen LogP contribution is -2.28. The molecule has 1 aromatic carbocycles. The van der Waals surface area contributed by atoms with Crippen LogP contribution in [0.2, 0.25) is 0 Å². The van der Waals surface area contributed by atoms with Crippen molar-refractivity contribution in [3.05, 3.63) is 34.3 Å². The van der Waals surface area contributed by atoms with E-state index in [1.54, 1.807) is 0 Å². The standard InChI is InChI=1S/C17H24BrNO/c1-3-17(4-2)10-12-19(13-17)11-9-16(20)14-7-5-6-8-15(14)18/h5-8H,3-4,9-13H2,1-2H3. The van der Waals surface area contributed by atoms with Crippen molar-refractivity contribution in [2.75, 3.05) is 19.6 Å². The van der Waals surface area contributed by atoms with E-state index >= 15 is 0 Å². The van der Waals surface area contributed by atoms with Crippen molar-refractivity contribution in [3.63, 3.8) is 0 Å². The van der Waals surface area contributed by atoms with E-state index in [1.807, 2.05) is 24.3 Å². The van der Waals surface area contributed by atoms with Gasteiger partial charge >= 0.3 is 0 Å². The third-order valence-corrected chi connectivity index (χ3v) is 5.54. The largest absolute Gasteiger partial charge is 0.302 e. The van der Waals surface area contributed by atoms with Gasteiger partial charge in [0, 0.05) is 29.5 Å². The van der Waals surface area contributed by atoms with Gasteiger partial charge in [0.2, 0.25) is 0 Å². The summed E-state index contributed by atoms with van der Waals surface area (Å²) in [6.07, 6.45) is 4.39. The van der Waals surface area contributed by atoms with Crippen LogP contribution >= 0.6 is 15.9 Å².